The second kappa shape index (κ2) is 5.54. The van der Waals surface area contributed by atoms with Crippen molar-refractivity contribution < 1.29 is 17.7 Å². The summed E-state index contributed by atoms with van der Waals surface area (Å²) < 4.78 is 29.6. The summed E-state index contributed by atoms with van der Waals surface area (Å²) in [5.74, 6) is -0.323. The maximum Gasteiger partial charge on any atom is 0.536 e. The fourth-order valence-electron chi connectivity index (χ4n) is 1.47. The van der Waals surface area contributed by atoms with Gasteiger partial charge in [0.15, 0.2) is 0 Å². The van der Waals surface area contributed by atoms with Gasteiger partial charge in [0, 0.05) is 25.5 Å². The van der Waals surface area contributed by atoms with Crippen molar-refractivity contribution in [1.82, 2.24) is 0 Å². The Labute approximate surface area is 96.5 Å². The van der Waals surface area contributed by atoms with Crippen LogP contribution in [-0.2, 0) is 13.3 Å². The molecule has 0 fully saturated rings. The summed E-state index contributed by atoms with van der Waals surface area (Å²) in [4.78, 5) is 0. The minimum absolute atomic E-state index is 0.0464. The van der Waals surface area contributed by atoms with Crippen LogP contribution >= 0.6 is 0 Å². The lowest BCUT2D eigenvalue weighted by Crippen LogP contribution is -2.56. The monoisotopic (exact) mass is 244 g/mol. The van der Waals surface area contributed by atoms with Gasteiger partial charge in [-0.1, -0.05) is 12.1 Å². The molecule has 0 unspecified atom stereocenters. The molecule has 0 saturated carbocycles. The van der Waals surface area contributed by atoms with Crippen molar-refractivity contribution in [2.24, 2.45) is 0 Å². The van der Waals surface area contributed by atoms with Crippen molar-refractivity contribution in [3.63, 3.8) is 0 Å². The lowest BCUT2D eigenvalue weighted by Gasteiger charge is -2.28. The zero-order valence-electron chi connectivity index (χ0n) is 9.99. The molecule has 0 heterocycles. The molecule has 1 aromatic carbocycles. The molecule has 1 aromatic rings. The second-order valence-corrected chi connectivity index (χ2v) is 6.38. The van der Waals surface area contributed by atoms with Crippen LogP contribution in [0.1, 0.15) is 13.8 Å². The van der Waals surface area contributed by atoms with E-state index in [0.29, 0.717) is 5.19 Å². The van der Waals surface area contributed by atoms with Crippen molar-refractivity contribution in [3.05, 3.63) is 30.1 Å². The predicted molar refractivity (Wildman–Crippen MR) is 62.0 cm³/mol. The van der Waals surface area contributed by atoms with E-state index in [-0.39, 0.29) is 11.9 Å². The van der Waals surface area contributed by atoms with Gasteiger partial charge in [0.2, 0.25) is 0 Å². The molecule has 0 spiro atoms. The molecule has 0 aliphatic carbocycles. The number of benzene rings is 1. The van der Waals surface area contributed by atoms with Gasteiger partial charge in [-0.25, -0.2) is 4.39 Å². The molecule has 16 heavy (non-hydrogen) atoms. The van der Waals surface area contributed by atoms with E-state index in [1.165, 1.54) is 26.4 Å². The van der Waals surface area contributed by atoms with E-state index in [9.17, 15) is 4.39 Å². The smallest absolute Gasteiger partial charge is 0.373 e. The summed E-state index contributed by atoms with van der Waals surface area (Å²) in [6.45, 7) is 3.78. The summed E-state index contributed by atoms with van der Waals surface area (Å²) in [5, 5.41) is 0.631. The van der Waals surface area contributed by atoms with Gasteiger partial charge in [0.25, 0.3) is 0 Å². The van der Waals surface area contributed by atoms with Gasteiger partial charge in [-0.05, 0) is 26.0 Å². The van der Waals surface area contributed by atoms with Crippen molar-refractivity contribution >= 4 is 14.0 Å². The Morgan fingerprint density at radius 3 is 2.25 bits per heavy atom. The Hall–Kier alpha value is -0.753. The summed E-state index contributed by atoms with van der Waals surface area (Å²) in [5.41, 5.74) is 0. The van der Waals surface area contributed by atoms with Gasteiger partial charge < -0.3 is 13.3 Å². The predicted octanol–water partition coefficient (Wildman–Crippen LogP) is 1.69. The van der Waals surface area contributed by atoms with Crippen molar-refractivity contribution in [1.29, 1.82) is 0 Å². The highest BCUT2D eigenvalue weighted by Crippen LogP contribution is 2.11. The van der Waals surface area contributed by atoms with E-state index in [2.05, 4.69) is 0 Å². The zero-order chi connectivity index (χ0) is 12.2. The van der Waals surface area contributed by atoms with Gasteiger partial charge >= 0.3 is 8.80 Å². The first kappa shape index (κ1) is 13.3. The number of halogens is 1. The number of hydrogen-bond donors (Lipinski definition) is 0. The molecule has 0 bridgehead atoms. The van der Waals surface area contributed by atoms with E-state index >= 15 is 0 Å². The molecule has 5 heteroatoms. The maximum absolute atomic E-state index is 13.2. The second-order valence-electron chi connectivity index (χ2n) is 3.64. The molecule has 0 amide bonds. The van der Waals surface area contributed by atoms with Crippen LogP contribution in [0.4, 0.5) is 4.39 Å². The quantitative estimate of drug-likeness (QED) is 0.738. The largest absolute Gasteiger partial charge is 0.536 e. The molecule has 0 N–H and O–H groups in total. The standard InChI is InChI=1S/C11H17FO3Si/c1-9(2)15-16(13-3,14-4)11-7-5-6-10(12)8-11/h5-9H,1-4H3. The molecule has 1 rings (SSSR count). The van der Waals surface area contributed by atoms with Crippen LogP contribution in [-0.4, -0.2) is 29.1 Å². The molecule has 0 saturated heterocycles. The Morgan fingerprint density at radius 1 is 1.19 bits per heavy atom. The number of rotatable bonds is 5. The minimum Gasteiger partial charge on any atom is -0.373 e. The summed E-state index contributed by atoms with van der Waals surface area (Å²) in [7, 11) is 0.0797. The van der Waals surface area contributed by atoms with E-state index in [4.69, 9.17) is 13.3 Å². The average molecular weight is 244 g/mol. The highest BCUT2D eigenvalue weighted by atomic mass is 28.4. The van der Waals surface area contributed by atoms with Gasteiger partial charge in [0.1, 0.15) is 5.82 Å². The van der Waals surface area contributed by atoms with Crippen LogP contribution in [0.3, 0.4) is 0 Å². The van der Waals surface area contributed by atoms with Crippen molar-refractivity contribution in [2.75, 3.05) is 14.2 Å². The lowest BCUT2D eigenvalue weighted by atomic mass is 10.3. The van der Waals surface area contributed by atoms with E-state index < -0.39 is 8.80 Å². The Morgan fingerprint density at radius 2 is 1.81 bits per heavy atom. The van der Waals surface area contributed by atoms with Crippen LogP contribution in [0.5, 0.6) is 0 Å². The molecular weight excluding hydrogens is 227 g/mol. The summed E-state index contributed by atoms with van der Waals surface area (Å²) in [6.07, 6.45) is -0.0464. The third-order valence-electron chi connectivity index (χ3n) is 2.11. The van der Waals surface area contributed by atoms with E-state index in [0.717, 1.165) is 0 Å². The van der Waals surface area contributed by atoms with Crippen molar-refractivity contribution in [2.45, 2.75) is 20.0 Å². The molecule has 3 nitrogen and oxygen atoms in total. The van der Waals surface area contributed by atoms with Crippen LogP contribution in [0.2, 0.25) is 0 Å². The third-order valence-corrected chi connectivity index (χ3v) is 4.98. The van der Waals surface area contributed by atoms with Gasteiger partial charge in [-0.15, -0.1) is 0 Å². The van der Waals surface area contributed by atoms with Gasteiger partial charge in [-0.2, -0.15) is 0 Å². The Balaban J connectivity index is 3.09. The van der Waals surface area contributed by atoms with Crippen LogP contribution in [0.15, 0.2) is 24.3 Å². The Bertz CT molecular complexity index is 340. The lowest BCUT2D eigenvalue weighted by molar-refractivity contribution is 0.0837. The molecule has 0 aliphatic rings. The summed E-state index contributed by atoms with van der Waals surface area (Å²) >= 11 is 0. The fraction of sp³-hybridized carbons (Fsp3) is 0.455. The molecule has 0 aliphatic heterocycles. The summed E-state index contributed by atoms with van der Waals surface area (Å²) in [6, 6.07) is 6.14. The van der Waals surface area contributed by atoms with E-state index in [1.807, 2.05) is 13.8 Å². The maximum atomic E-state index is 13.2. The van der Waals surface area contributed by atoms with E-state index in [1.54, 1.807) is 12.1 Å². The fourth-order valence-corrected chi connectivity index (χ4v) is 3.67. The molecular formula is C11H17FO3Si. The van der Waals surface area contributed by atoms with Crippen molar-refractivity contribution in [3.8, 4) is 0 Å². The normalized spacial score (nSPS) is 12.1. The highest BCUT2D eigenvalue weighted by molar-refractivity contribution is 6.75. The van der Waals surface area contributed by atoms with Crippen LogP contribution in [0, 0.1) is 5.82 Å². The Kier molecular flexibility index (Phi) is 4.61. The van der Waals surface area contributed by atoms with Crippen LogP contribution in [0.25, 0.3) is 0 Å². The molecule has 90 valence electrons. The molecule has 0 atom stereocenters. The first-order valence-corrected chi connectivity index (χ1v) is 6.80. The molecule has 0 radical (unpaired) electrons. The topological polar surface area (TPSA) is 27.7 Å². The third kappa shape index (κ3) is 2.88. The average Bonchev–Trinajstić information content (AvgIpc) is 2.25. The number of hydrogen-bond acceptors (Lipinski definition) is 3. The van der Waals surface area contributed by atoms with Gasteiger partial charge in [-0.3, -0.25) is 0 Å². The first-order chi connectivity index (χ1) is 7.54. The van der Waals surface area contributed by atoms with Gasteiger partial charge in [0.05, 0.1) is 0 Å². The molecule has 0 aromatic heterocycles. The SMILES string of the molecule is CO[Si](OC)(OC(C)C)c1cccc(F)c1. The highest BCUT2D eigenvalue weighted by Gasteiger charge is 2.43. The zero-order valence-corrected chi connectivity index (χ0v) is 11.0. The van der Waals surface area contributed by atoms with Crippen LogP contribution < -0.4 is 5.19 Å². The first-order valence-electron chi connectivity index (χ1n) is 5.08. The minimum atomic E-state index is -2.95.